The van der Waals surface area contributed by atoms with Crippen molar-refractivity contribution >= 4 is 28.6 Å². The molecule has 1 saturated carbocycles. The number of hydrogen-bond acceptors (Lipinski definition) is 6. The number of ether oxygens (including phenoxy) is 1. The average Bonchev–Trinajstić information content (AvgIpc) is 3.73. The minimum atomic E-state index is -0.230. The molecule has 0 radical (unpaired) electrons. The second kappa shape index (κ2) is 11.3. The summed E-state index contributed by atoms with van der Waals surface area (Å²) in [7, 11) is 0. The van der Waals surface area contributed by atoms with Crippen molar-refractivity contribution in [2.45, 2.75) is 25.8 Å². The molecule has 184 valence electrons. The number of nitrogens with zero attached hydrogens (tertiary/aromatic N) is 3. The zero-order valence-corrected chi connectivity index (χ0v) is 20.8. The predicted molar refractivity (Wildman–Crippen MR) is 141 cm³/mol. The number of rotatable bonds is 10. The van der Waals surface area contributed by atoms with Gasteiger partial charge >= 0.3 is 0 Å². The van der Waals surface area contributed by atoms with Crippen LogP contribution in [0.3, 0.4) is 0 Å². The van der Waals surface area contributed by atoms with E-state index in [1.807, 2.05) is 54.2 Å². The summed E-state index contributed by atoms with van der Waals surface area (Å²) in [5.41, 5.74) is 1.17. The highest BCUT2D eigenvalue weighted by molar-refractivity contribution is 7.99. The quantitative estimate of drug-likeness (QED) is 0.437. The van der Waals surface area contributed by atoms with Crippen LogP contribution in [0.25, 0.3) is 22.3 Å². The standard InChI is InChI=1S/C27H32N4O3S/c32-25(28-18-20-7-8-20)19-31-26(21-5-2-1-3-6-21)29-24-10-9-22(17-23(24)27(31)33)34-14-4-11-30-12-15-35-16-13-30/h1-3,5-6,9-10,17,20H,4,7-8,11-16,18-19H2,(H,28,32). The van der Waals surface area contributed by atoms with Crippen LogP contribution >= 0.6 is 11.8 Å². The Morgan fingerprint density at radius 3 is 2.69 bits per heavy atom. The van der Waals surface area contributed by atoms with Gasteiger partial charge in [0.15, 0.2) is 0 Å². The van der Waals surface area contributed by atoms with Gasteiger partial charge in [-0.3, -0.25) is 14.2 Å². The van der Waals surface area contributed by atoms with E-state index >= 15 is 0 Å². The zero-order chi connectivity index (χ0) is 24.0. The molecule has 0 unspecified atom stereocenters. The van der Waals surface area contributed by atoms with E-state index in [9.17, 15) is 9.59 Å². The van der Waals surface area contributed by atoms with Gasteiger partial charge in [-0.15, -0.1) is 0 Å². The molecule has 2 aliphatic rings. The van der Waals surface area contributed by atoms with Gasteiger partial charge in [0.25, 0.3) is 5.56 Å². The van der Waals surface area contributed by atoms with Crippen LogP contribution in [-0.4, -0.2) is 64.6 Å². The molecule has 0 atom stereocenters. The van der Waals surface area contributed by atoms with Gasteiger partial charge < -0.3 is 15.0 Å². The molecular weight excluding hydrogens is 460 g/mol. The lowest BCUT2D eigenvalue weighted by molar-refractivity contribution is -0.121. The lowest BCUT2D eigenvalue weighted by Gasteiger charge is -2.25. The minimum absolute atomic E-state index is 0.0576. The van der Waals surface area contributed by atoms with Crippen LogP contribution in [0, 0.1) is 5.92 Å². The Bertz CT molecular complexity index is 1220. The Morgan fingerprint density at radius 2 is 1.91 bits per heavy atom. The summed E-state index contributed by atoms with van der Waals surface area (Å²) >= 11 is 2.01. The number of fused-ring (bicyclic) bond motifs is 1. The van der Waals surface area contributed by atoms with Crippen LogP contribution < -0.4 is 15.6 Å². The summed E-state index contributed by atoms with van der Waals surface area (Å²) in [6.07, 6.45) is 3.26. The molecule has 1 amide bonds. The molecule has 1 aromatic heterocycles. The van der Waals surface area contributed by atoms with E-state index < -0.39 is 0 Å². The summed E-state index contributed by atoms with van der Waals surface area (Å²) in [6, 6.07) is 15.0. The smallest absolute Gasteiger partial charge is 0.262 e. The Balaban J connectivity index is 1.35. The largest absolute Gasteiger partial charge is 0.494 e. The van der Waals surface area contributed by atoms with Crippen molar-refractivity contribution in [3.05, 3.63) is 58.9 Å². The topological polar surface area (TPSA) is 76.5 Å². The fourth-order valence-electron chi connectivity index (χ4n) is 4.33. The summed E-state index contributed by atoms with van der Waals surface area (Å²) in [4.78, 5) is 33.5. The molecule has 3 aromatic rings. The molecule has 0 bridgehead atoms. The number of aromatic nitrogens is 2. The van der Waals surface area contributed by atoms with Crippen LogP contribution in [-0.2, 0) is 11.3 Å². The maximum Gasteiger partial charge on any atom is 0.262 e. The van der Waals surface area contributed by atoms with E-state index in [4.69, 9.17) is 9.72 Å². The van der Waals surface area contributed by atoms with Crippen molar-refractivity contribution < 1.29 is 9.53 Å². The highest BCUT2D eigenvalue weighted by atomic mass is 32.2. The number of carbonyl (C=O) groups excluding carboxylic acids is 1. The molecule has 1 saturated heterocycles. The molecule has 1 N–H and O–H groups in total. The molecule has 1 aliphatic carbocycles. The third kappa shape index (κ3) is 6.24. The van der Waals surface area contributed by atoms with Crippen molar-refractivity contribution in [1.82, 2.24) is 19.8 Å². The summed E-state index contributed by atoms with van der Waals surface area (Å²) < 4.78 is 7.46. The molecular formula is C27H32N4O3S. The number of benzene rings is 2. The molecule has 2 aromatic carbocycles. The summed E-state index contributed by atoms with van der Waals surface area (Å²) in [5, 5.41) is 3.43. The first-order valence-electron chi connectivity index (χ1n) is 12.5. The normalized spacial score (nSPS) is 16.3. The van der Waals surface area contributed by atoms with E-state index in [2.05, 4.69) is 10.2 Å². The summed E-state index contributed by atoms with van der Waals surface area (Å²) in [6.45, 7) is 4.52. The number of hydrogen-bond donors (Lipinski definition) is 1. The highest BCUT2D eigenvalue weighted by Crippen LogP contribution is 2.27. The third-order valence-corrected chi connectivity index (χ3v) is 7.48. The highest BCUT2D eigenvalue weighted by Gasteiger charge is 2.22. The van der Waals surface area contributed by atoms with Gasteiger partial charge in [0.05, 0.1) is 17.5 Å². The maximum atomic E-state index is 13.6. The molecule has 2 heterocycles. The van der Waals surface area contributed by atoms with Gasteiger partial charge in [0.2, 0.25) is 5.91 Å². The maximum absolute atomic E-state index is 13.6. The van der Waals surface area contributed by atoms with Crippen molar-refractivity contribution in [2.24, 2.45) is 5.92 Å². The van der Waals surface area contributed by atoms with E-state index in [0.717, 1.165) is 44.5 Å². The van der Waals surface area contributed by atoms with Gasteiger partial charge in [0, 0.05) is 43.2 Å². The lowest BCUT2D eigenvalue weighted by Crippen LogP contribution is -2.34. The van der Waals surface area contributed by atoms with Crippen LogP contribution in [0.2, 0.25) is 0 Å². The average molecular weight is 493 g/mol. The first-order chi connectivity index (χ1) is 17.2. The SMILES string of the molecule is O=C(Cn1c(-c2ccccc2)nc2ccc(OCCCN3CCSCC3)cc2c1=O)NCC1CC1. The van der Waals surface area contributed by atoms with Crippen molar-refractivity contribution in [2.75, 3.05) is 44.3 Å². The Hall–Kier alpha value is -2.84. The fraction of sp³-hybridized carbons (Fsp3) is 0.444. The molecule has 7 nitrogen and oxygen atoms in total. The van der Waals surface area contributed by atoms with Crippen LogP contribution in [0.5, 0.6) is 5.75 Å². The van der Waals surface area contributed by atoms with E-state index in [1.54, 1.807) is 6.07 Å². The Labute approximate surface area is 209 Å². The first-order valence-corrected chi connectivity index (χ1v) is 13.6. The first kappa shape index (κ1) is 23.9. The second-order valence-corrected chi connectivity index (χ2v) is 10.5. The minimum Gasteiger partial charge on any atom is -0.494 e. The van der Waals surface area contributed by atoms with E-state index in [-0.39, 0.29) is 18.0 Å². The summed E-state index contributed by atoms with van der Waals surface area (Å²) in [5.74, 6) is 3.97. The number of nitrogens with one attached hydrogen (secondary N) is 1. The molecule has 8 heteroatoms. The van der Waals surface area contributed by atoms with Crippen molar-refractivity contribution in [1.29, 1.82) is 0 Å². The van der Waals surface area contributed by atoms with E-state index in [0.29, 0.717) is 41.5 Å². The second-order valence-electron chi connectivity index (χ2n) is 9.28. The van der Waals surface area contributed by atoms with Gasteiger partial charge in [-0.1, -0.05) is 30.3 Å². The van der Waals surface area contributed by atoms with Gasteiger partial charge in [0.1, 0.15) is 18.1 Å². The van der Waals surface area contributed by atoms with Gasteiger partial charge in [-0.05, 0) is 43.4 Å². The van der Waals surface area contributed by atoms with E-state index in [1.165, 1.54) is 16.1 Å². The molecule has 1 aliphatic heterocycles. The third-order valence-electron chi connectivity index (χ3n) is 6.54. The molecule has 5 rings (SSSR count). The van der Waals surface area contributed by atoms with Gasteiger partial charge in [-0.2, -0.15) is 11.8 Å². The molecule has 35 heavy (non-hydrogen) atoms. The van der Waals surface area contributed by atoms with Crippen LogP contribution in [0.4, 0.5) is 0 Å². The Kier molecular flexibility index (Phi) is 7.69. The van der Waals surface area contributed by atoms with Crippen LogP contribution in [0.15, 0.2) is 53.3 Å². The monoisotopic (exact) mass is 492 g/mol. The number of carbonyl (C=O) groups is 1. The van der Waals surface area contributed by atoms with Crippen molar-refractivity contribution in [3.63, 3.8) is 0 Å². The zero-order valence-electron chi connectivity index (χ0n) is 19.9. The molecule has 0 spiro atoms. The molecule has 2 fully saturated rings. The Morgan fingerprint density at radius 1 is 1.11 bits per heavy atom. The fourth-order valence-corrected chi connectivity index (χ4v) is 5.31. The lowest BCUT2D eigenvalue weighted by atomic mass is 10.1. The number of thioether (sulfide) groups is 1. The van der Waals surface area contributed by atoms with Crippen LogP contribution in [0.1, 0.15) is 19.3 Å². The van der Waals surface area contributed by atoms with Gasteiger partial charge in [-0.25, -0.2) is 4.98 Å². The predicted octanol–water partition coefficient (Wildman–Crippen LogP) is 3.41. The number of amides is 1. The van der Waals surface area contributed by atoms with Crippen molar-refractivity contribution in [3.8, 4) is 17.1 Å².